The lowest BCUT2D eigenvalue weighted by Gasteiger charge is -2.07. The molecule has 7 nitrogen and oxygen atoms in total. The maximum absolute atomic E-state index is 11.7. The van der Waals surface area contributed by atoms with E-state index in [0.29, 0.717) is 17.2 Å². The number of rotatable bonds is 2. The number of aromatic nitrogens is 4. The minimum Gasteiger partial charge on any atom is -0.325 e. The van der Waals surface area contributed by atoms with Gasteiger partial charge in [0.05, 0.1) is 11.6 Å². The van der Waals surface area contributed by atoms with E-state index in [4.69, 9.17) is 5.26 Å². The summed E-state index contributed by atoms with van der Waals surface area (Å²) in [5.74, 6) is 0.378. The number of fused-ring (bicyclic) bond motifs is 1. The molecule has 0 saturated heterocycles. The van der Waals surface area contributed by atoms with E-state index in [9.17, 15) is 4.79 Å². The van der Waals surface area contributed by atoms with Crippen LogP contribution < -0.4 is 11.0 Å². The normalized spacial score (nSPS) is 10.4. The zero-order valence-corrected chi connectivity index (χ0v) is 10.6. The average Bonchev–Trinajstić information content (AvgIpc) is 2.81. The summed E-state index contributed by atoms with van der Waals surface area (Å²) in [7, 11) is 0. The Morgan fingerprint density at radius 3 is 2.80 bits per heavy atom. The molecule has 2 heterocycles. The summed E-state index contributed by atoms with van der Waals surface area (Å²) in [6, 6.07) is 10.6. The van der Waals surface area contributed by atoms with Gasteiger partial charge in [0.2, 0.25) is 5.95 Å². The molecule has 20 heavy (non-hydrogen) atoms. The van der Waals surface area contributed by atoms with Crippen molar-refractivity contribution in [1.82, 2.24) is 19.6 Å². The van der Waals surface area contributed by atoms with E-state index >= 15 is 0 Å². The fourth-order valence-corrected chi connectivity index (χ4v) is 1.89. The van der Waals surface area contributed by atoms with Crippen LogP contribution in [-0.2, 0) is 0 Å². The number of anilines is 2. The smallest absolute Gasteiger partial charge is 0.325 e. The van der Waals surface area contributed by atoms with Gasteiger partial charge < -0.3 is 5.32 Å². The number of nitriles is 1. The first kappa shape index (κ1) is 11.9. The van der Waals surface area contributed by atoms with Crippen LogP contribution in [0.3, 0.4) is 0 Å². The summed E-state index contributed by atoms with van der Waals surface area (Å²) < 4.78 is 1.35. The van der Waals surface area contributed by atoms with Crippen molar-refractivity contribution in [3.8, 4) is 6.07 Å². The van der Waals surface area contributed by atoms with Gasteiger partial charge in [-0.25, -0.2) is 19.3 Å². The highest BCUT2D eigenvalue weighted by Gasteiger charge is 2.08. The molecule has 3 rings (SSSR count). The summed E-state index contributed by atoms with van der Waals surface area (Å²) in [4.78, 5) is 16.0. The van der Waals surface area contributed by atoms with E-state index in [-0.39, 0.29) is 5.69 Å². The summed E-state index contributed by atoms with van der Waals surface area (Å²) >= 11 is 0. The number of aromatic amines is 1. The molecule has 0 spiro atoms. The second-order valence-electron chi connectivity index (χ2n) is 4.26. The summed E-state index contributed by atoms with van der Waals surface area (Å²) in [5.41, 5.74) is 2.19. The van der Waals surface area contributed by atoms with E-state index in [1.54, 1.807) is 30.3 Å². The molecular weight excluding hydrogens is 256 g/mol. The van der Waals surface area contributed by atoms with E-state index in [1.165, 1.54) is 4.40 Å². The second-order valence-corrected chi connectivity index (χ2v) is 4.26. The molecule has 0 aliphatic heterocycles. The fraction of sp³-hybridized carbons (Fsp3) is 0.0769. The Hall–Kier alpha value is -3.14. The fourth-order valence-electron chi connectivity index (χ4n) is 1.89. The molecule has 3 aromatic rings. The highest BCUT2D eigenvalue weighted by molar-refractivity contribution is 5.58. The molecule has 0 aliphatic carbocycles. The monoisotopic (exact) mass is 266 g/mol. The highest BCUT2D eigenvalue weighted by Crippen LogP contribution is 2.15. The summed E-state index contributed by atoms with van der Waals surface area (Å²) in [5, 5.41) is 18.1. The number of aryl methyl sites for hydroxylation is 1. The SMILES string of the molecule is Cc1cc2n[nH]c(=O)n2c(Nc2ccc(C#N)cc2)n1. The van der Waals surface area contributed by atoms with Crippen molar-refractivity contribution in [3.05, 3.63) is 52.1 Å². The largest absolute Gasteiger partial charge is 0.350 e. The van der Waals surface area contributed by atoms with Crippen LogP contribution in [-0.4, -0.2) is 19.6 Å². The van der Waals surface area contributed by atoms with Crippen LogP contribution in [0.25, 0.3) is 5.65 Å². The lowest BCUT2D eigenvalue weighted by Crippen LogP contribution is -2.14. The first-order valence-corrected chi connectivity index (χ1v) is 5.89. The van der Waals surface area contributed by atoms with Crippen molar-refractivity contribution in [2.75, 3.05) is 5.32 Å². The van der Waals surface area contributed by atoms with Gasteiger partial charge in [-0.1, -0.05) is 0 Å². The Morgan fingerprint density at radius 1 is 1.35 bits per heavy atom. The summed E-state index contributed by atoms with van der Waals surface area (Å²) in [6.45, 7) is 1.82. The zero-order valence-electron chi connectivity index (χ0n) is 10.6. The van der Waals surface area contributed by atoms with E-state index in [0.717, 1.165) is 11.4 Å². The molecule has 0 bridgehead atoms. The number of H-pyrrole nitrogens is 1. The standard InChI is InChI=1S/C13H10N6O/c1-8-6-11-17-18-13(20)19(11)12(15-8)16-10-4-2-9(7-14)3-5-10/h2-6H,1H3,(H,15,16)(H,18,20). The van der Waals surface area contributed by atoms with Gasteiger partial charge >= 0.3 is 5.69 Å². The van der Waals surface area contributed by atoms with Crippen LogP contribution in [0.15, 0.2) is 35.1 Å². The number of hydrogen-bond donors (Lipinski definition) is 2. The molecule has 0 fully saturated rings. The lowest BCUT2D eigenvalue weighted by molar-refractivity contribution is 0.992. The number of nitrogens with zero attached hydrogens (tertiary/aromatic N) is 4. The van der Waals surface area contributed by atoms with Crippen LogP contribution in [0.2, 0.25) is 0 Å². The molecule has 98 valence electrons. The number of benzene rings is 1. The quantitative estimate of drug-likeness (QED) is 0.729. The van der Waals surface area contributed by atoms with Crippen LogP contribution in [0.1, 0.15) is 11.3 Å². The van der Waals surface area contributed by atoms with Gasteiger partial charge in [-0.3, -0.25) is 0 Å². The van der Waals surface area contributed by atoms with Crippen molar-refractivity contribution in [1.29, 1.82) is 5.26 Å². The number of hydrogen-bond acceptors (Lipinski definition) is 5. The molecule has 0 amide bonds. The van der Waals surface area contributed by atoms with Gasteiger partial charge in [0.25, 0.3) is 0 Å². The lowest BCUT2D eigenvalue weighted by atomic mass is 10.2. The van der Waals surface area contributed by atoms with Gasteiger partial charge in [0.15, 0.2) is 5.65 Å². The van der Waals surface area contributed by atoms with Gasteiger partial charge in [-0.15, -0.1) is 0 Å². The average molecular weight is 266 g/mol. The Balaban J connectivity index is 2.07. The molecule has 1 aromatic carbocycles. The minimum atomic E-state index is -0.358. The van der Waals surface area contributed by atoms with Crippen molar-refractivity contribution in [2.45, 2.75) is 6.92 Å². The molecule has 2 N–H and O–H groups in total. The van der Waals surface area contributed by atoms with E-state index < -0.39 is 0 Å². The Morgan fingerprint density at radius 2 is 2.10 bits per heavy atom. The molecule has 0 unspecified atom stereocenters. The highest BCUT2D eigenvalue weighted by atomic mass is 16.1. The van der Waals surface area contributed by atoms with Gasteiger partial charge in [0, 0.05) is 17.4 Å². The third kappa shape index (κ3) is 1.99. The van der Waals surface area contributed by atoms with E-state index in [2.05, 4.69) is 20.5 Å². The van der Waals surface area contributed by atoms with Crippen molar-refractivity contribution in [3.63, 3.8) is 0 Å². The van der Waals surface area contributed by atoms with Gasteiger partial charge in [-0.2, -0.15) is 10.4 Å². The maximum Gasteiger partial charge on any atom is 0.350 e. The molecule has 0 radical (unpaired) electrons. The third-order valence-electron chi connectivity index (χ3n) is 2.80. The van der Waals surface area contributed by atoms with Crippen molar-refractivity contribution < 1.29 is 0 Å². The molecular formula is C13H10N6O. The first-order valence-electron chi connectivity index (χ1n) is 5.89. The van der Waals surface area contributed by atoms with Crippen LogP contribution in [0, 0.1) is 18.3 Å². The van der Waals surface area contributed by atoms with Crippen LogP contribution in [0.5, 0.6) is 0 Å². The van der Waals surface area contributed by atoms with Gasteiger partial charge in [-0.05, 0) is 31.2 Å². The summed E-state index contributed by atoms with van der Waals surface area (Å²) in [6.07, 6.45) is 0. The van der Waals surface area contributed by atoms with E-state index in [1.807, 2.05) is 13.0 Å². The van der Waals surface area contributed by atoms with Gasteiger partial charge in [0.1, 0.15) is 0 Å². The maximum atomic E-state index is 11.7. The second kappa shape index (κ2) is 4.51. The molecule has 0 atom stereocenters. The molecule has 2 aromatic heterocycles. The van der Waals surface area contributed by atoms with Crippen molar-refractivity contribution >= 4 is 17.3 Å². The predicted octanol–water partition coefficient (Wildman–Crippen LogP) is 1.34. The Bertz CT molecular complexity index is 868. The minimum absolute atomic E-state index is 0.358. The topological polar surface area (TPSA) is 98.9 Å². The van der Waals surface area contributed by atoms with Crippen molar-refractivity contribution in [2.24, 2.45) is 0 Å². The predicted molar refractivity (Wildman–Crippen MR) is 72.8 cm³/mol. The zero-order chi connectivity index (χ0) is 14.1. The Kier molecular flexibility index (Phi) is 2.69. The van der Waals surface area contributed by atoms with Crippen LogP contribution >= 0.6 is 0 Å². The molecule has 0 saturated carbocycles. The molecule has 0 aliphatic rings. The third-order valence-corrected chi connectivity index (χ3v) is 2.80. The Labute approximate surface area is 113 Å². The van der Waals surface area contributed by atoms with Crippen LogP contribution in [0.4, 0.5) is 11.6 Å². The molecule has 7 heteroatoms. The first-order chi connectivity index (χ1) is 9.67. The number of nitrogens with one attached hydrogen (secondary N) is 2.